The fraction of sp³-hybridized carbons (Fsp3) is 1.00. The average molecular weight is 188 g/mol. The van der Waals surface area contributed by atoms with E-state index in [1.165, 1.54) is 19.3 Å². The van der Waals surface area contributed by atoms with Crippen LogP contribution in [0, 0.1) is 5.41 Å². The summed E-state index contributed by atoms with van der Waals surface area (Å²) in [5, 5.41) is 0. The lowest BCUT2D eigenvalue weighted by atomic mass is 9.67. The van der Waals surface area contributed by atoms with Gasteiger partial charge < -0.3 is 4.74 Å². The predicted molar refractivity (Wildman–Crippen MR) is 61.1 cm³/mol. The Balaban J connectivity index is 0. The van der Waals surface area contributed by atoms with Crippen LogP contribution < -0.4 is 0 Å². The third kappa shape index (κ3) is 5.30. The van der Waals surface area contributed by atoms with E-state index in [-0.39, 0.29) is 0 Å². The molecule has 0 aliphatic heterocycles. The quantitative estimate of drug-likeness (QED) is 0.629. The summed E-state index contributed by atoms with van der Waals surface area (Å²) >= 11 is 0. The molecular formula is C12H28O. The topological polar surface area (TPSA) is 9.23 Å². The summed E-state index contributed by atoms with van der Waals surface area (Å²) in [6, 6.07) is 0. The van der Waals surface area contributed by atoms with Gasteiger partial charge in [-0.1, -0.05) is 48.0 Å². The molecule has 13 heavy (non-hydrogen) atoms. The van der Waals surface area contributed by atoms with E-state index in [1.807, 2.05) is 27.7 Å². The van der Waals surface area contributed by atoms with Crippen molar-refractivity contribution < 1.29 is 4.74 Å². The van der Waals surface area contributed by atoms with E-state index in [0.29, 0.717) is 11.5 Å². The van der Waals surface area contributed by atoms with E-state index in [0.717, 1.165) is 0 Å². The molecule has 0 heterocycles. The minimum absolute atomic E-state index is 0.565. The van der Waals surface area contributed by atoms with Crippen LogP contribution >= 0.6 is 0 Å². The minimum atomic E-state index is 0.565. The van der Waals surface area contributed by atoms with E-state index in [4.69, 9.17) is 4.74 Å². The third-order valence-electron chi connectivity index (χ3n) is 2.63. The van der Waals surface area contributed by atoms with Crippen molar-refractivity contribution in [1.29, 1.82) is 0 Å². The van der Waals surface area contributed by atoms with Crippen LogP contribution in [0.4, 0.5) is 0 Å². The third-order valence-corrected chi connectivity index (χ3v) is 2.63. The normalized spacial score (nSPS) is 30.2. The largest absolute Gasteiger partial charge is 0.381 e. The zero-order valence-electron chi connectivity index (χ0n) is 10.6. The SMILES string of the molecule is CC.CC.CCC1(C)CC(OC)C1. The lowest BCUT2D eigenvalue weighted by molar-refractivity contribution is -0.0512. The summed E-state index contributed by atoms with van der Waals surface area (Å²) < 4.78 is 5.18. The van der Waals surface area contributed by atoms with Gasteiger partial charge in [-0.25, -0.2) is 0 Å². The zero-order valence-corrected chi connectivity index (χ0v) is 10.6. The molecule has 1 rings (SSSR count). The first-order valence-corrected chi connectivity index (χ1v) is 5.73. The van der Waals surface area contributed by atoms with Gasteiger partial charge in [-0.2, -0.15) is 0 Å². The summed E-state index contributed by atoms with van der Waals surface area (Å²) in [4.78, 5) is 0. The van der Waals surface area contributed by atoms with Gasteiger partial charge in [0.15, 0.2) is 0 Å². The maximum absolute atomic E-state index is 5.18. The maximum atomic E-state index is 5.18. The first kappa shape index (κ1) is 15.4. The van der Waals surface area contributed by atoms with Crippen LogP contribution in [0.5, 0.6) is 0 Å². The smallest absolute Gasteiger partial charge is 0.0581 e. The van der Waals surface area contributed by atoms with Crippen molar-refractivity contribution in [2.45, 2.75) is 66.9 Å². The summed E-state index contributed by atoms with van der Waals surface area (Å²) in [6.45, 7) is 12.6. The lowest BCUT2D eigenvalue weighted by Crippen LogP contribution is -2.38. The fourth-order valence-corrected chi connectivity index (χ4v) is 1.49. The zero-order chi connectivity index (χ0) is 10.9. The van der Waals surface area contributed by atoms with E-state index in [2.05, 4.69) is 13.8 Å². The van der Waals surface area contributed by atoms with Crippen LogP contribution in [0.2, 0.25) is 0 Å². The molecule has 0 spiro atoms. The van der Waals surface area contributed by atoms with Gasteiger partial charge >= 0.3 is 0 Å². The van der Waals surface area contributed by atoms with Gasteiger partial charge in [0.1, 0.15) is 0 Å². The Labute approximate surface area is 84.9 Å². The Hall–Kier alpha value is -0.0400. The average Bonchev–Trinajstić information content (AvgIpc) is 2.19. The molecule has 1 nitrogen and oxygen atoms in total. The molecule has 0 aromatic rings. The molecule has 1 aliphatic rings. The number of hydrogen-bond donors (Lipinski definition) is 0. The standard InChI is InChI=1S/C8H16O.2C2H6/c1-4-8(2)5-7(6-8)9-3;2*1-2/h7H,4-6H2,1-3H3;2*1-2H3. The number of methoxy groups -OCH3 is 1. The van der Waals surface area contributed by atoms with Crippen molar-refractivity contribution in [3.05, 3.63) is 0 Å². The molecular weight excluding hydrogens is 160 g/mol. The molecule has 0 aromatic carbocycles. The molecule has 0 bridgehead atoms. The highest BCUT2D eigenvalue weighted by atomic mass is 16.5. The Morgan fingerprint density at radius 2 is 1.54 bits per heavy atom. The van der Waals surface area contributed by atoms with Crippen LogP contribution in [0.1, 0.15) is 60.8 Å². The van der Waals surface area contributed by atoms with Crippen molar-refractivity contribution in [3.63, 3.8) is 0 Å². The van der Waals surface area contributed by atoms with E-state index >= 15 is 0 Å². The lowest BCUT2D eigenvalue weighted by Gasteiger charge is -2.43. The van der Waals surface area contributed by atoms with Gasteiger partial charge in [-0.3, -0.25) is 0 Å². The highest BCUT2D eigenvalue weighted by Crippen LogP contribution is 2.44. The fourth-order valence-electron chi connectivity index (χ4n) is 1.49. The molecule has 0 N–H and O–H groups in total. The molecule has 1 saturated carbocycles. The maximum Gasteiger partial charge on any atom is 0.0581 e. The van der Waals surface area contributed by atoms with Crippen LogP contribution in [-0.2, 0) is 4.74 Å². The van der Waals surface area contributed by atoms with Crippen LogP contribution in [-0.4, -0.2) is 13.2 Å². The summed E-state index contributed by atoms with van der Waals surface area (Å²) in [6.07, 6.45) is 4.39. The van der Waals surface area contributed by atoms with E-state index in [9.17, 15) is 0 Å². The molecule has 1 heteroatoms. The van der Waals surface area contributed by atoms with Gasteiger partial charge in [0.2, 0.25) is 0 Å². The van der Waals surface area contributed by atoms with Crippen molar-refractivity contribution >= 4 is 0 Å². The molecule has 0 atom stereocenters. The first-order chi connectivity index (χ1) is 6.20. The highest BCUT2D eigenvalue weighted by molar-refractivity contribution is 4.89. The first-order valence-electron chi connectivity index (χ1n) is 5.73. The second kappa shape index (κ2) is 8.55. The van der Waals surface area contributed by atoms with Gasteiger partial charge in [0.05, 0.1) is 6.10 Å². The molecule has 1 fully saturated rings. The van der Waals surface area contributed by atoms with Crippen molar-refractivity contribution in [2.75, 3.05) is 7.11 Å². The van der Waals surface area contributed by atoms with Gasteiger partial charge in [-0.15, -0.1) is 0 Å². The van der Waals surface area contributed by atoms with Crippen molar-refractivity contribution in [3.8, 4) is 0 Å². The Morgan fingerprint density at radius 3 is 1.77 bits per heavy atom. The molecule has 0 aromatic heterocycles. The molecule has 1 aliphatic carbocycles. The van der Waals surface area contributed by atoms with Crippen LogP contribution in [0.3, 0.4) is 0 Å². The van der Waals surface area contributed by atoms with Crippen molar-refractivity contribution in [2.24, 2.45) is 5.41 Å². The van der Waals surface area contributed by atoms with E-state index in [1.54, 1.807) is 7.11 Å². The van der Waals surface area contributed by atoms with Gasteiger partial charge in [0.25, 0.3) is 0 Å². The predicted octanol–water partition coefficient (Wildman–Crippen LogP) is 4.26. The van der Waals surface area contributed by atoms with Crippen molar-refractivity contribution in [1.82, 2.24) is 0 Å². The molecule has 0 radical (unpaired) electrons. The van der Waals surface area contributed by atoms with Gasteiger partial charge in [0, 0.05) is 7.11 Å². The molecule has 0 amide bonds. The monoisotopic (exact) mass is 188 g/mol. The Morgan fingerprint density at radius 1 is 1.15 bits per heavy atom. The Kier molecular flexibility index (Phi) is 10.2. The summed E-state index contributed by atoms with van der Waals surface area (Å²) in [7, 11) is 1.81. The second-order valence-electron chi connectivity index (χ2n) is 3.43. The number of hydrogen-bond acceptors (Lipinski definition) is 1. The van der Waals surface area contributed by atoms with Crippen LogP contribution in [0.25, 0.3) is 0 Å². The molecule has 82 valence electrons. The van der Waals surface area contributed by atoms with Crippen LogP contribution in [0.15, 0.2) is 0 Å². The molecule has 0 saturated heterocycles. The number of rotatable bonds is 2. The number of ether oxygens (including phenoxy) is 1. The highest BCUT2D eigenvalue weighted by Gasteiger charge is 2.38. The summed E-state index contributed by atoms with van der Waals surface area (Å²) in [5.74, 6) is 0. The second-order valence-corrected chi connectivity index (χ2v) is 3.43. The molecule has 0 unspecified atom stereocenters. The van der Waals surface area contributed by atoms with E-state index < -0.39 is 0 Å². The Bertz CT molecular complexity index is 93.3. The minimum Gasteiger partial charge on any atom is -0.381 e. The summed E-state index contributed by atoms with van der Waals surface area (Å²) in [5.41, 5.74) is 0.612. The van der Waals surface area contributed by atoms with Gasteiger partial charge in [-0.05, 0) is 18.3 Å².